The van der Waals surface area contributed by atoms with E-state index in [2.05, 4.69) is 98.9 Å². The SMILES string of the molecule is CC/C=C\C/C=C\C/C=C\C/C=C\C/C=C\C/C=C\C/C=C\CCCCCCCCCC(=O)OC(COC(=O)CCCCCCCCCCCCCCCCCCCCCCCCCCCC)COP(=O)(O)OCCN. The molecular weight excluding hydrogens is 966 g/mol. The van der Waals surface area contributed by atoms with Gasteiger partial charge in [0.25, 0.3) is 0 Å². The summed E-state index contributed by atoms with van der Waals surface area (Å²) in [4.78, 5) is 35.3. The van der Waals surface area contributed by atoms with E-state index in [1.165, 1.54) is 167 Å². The first-order valence-corrected chi connectivity index (χ1v) is 33.1. The number of allylic oxidation sites excluding steroid dienone is 14. The number of unbranched alkanes of at least 4 members (excludes halogenated alkanes) is 32. The van der Waals surface area contributed by atoms with Gasteiger partial charge in [-0.1, -0.05) is 292 Å². The number of phosphoric acid groups is 1. The highest BCUT2D eigenvalue weighted by molar-refractivity contribution is 7.47. The smallest absolute Gasteiger partial charge is 0.462 e. The number of phosphoric ester groups is 1. The predicted molar refractivity (Wildman–Crippen MR) is 325 cm³/mol. The summed E-state index contributed by atoms with van der Waals surface area (Å²) in [5.41, 5.74) is 5.39. The van der Waals surface area contributed by atoms with Gasteiger partial charge in [-0.2, -0.15) is 0 Å². The van der Waals surface area contributed by atoms with Crippen molar-refractivity contribution in [2.45, 2.75) is 296 Å². The molecule has 2 atom stereocenters. The fraction of sp³-hybridized carbons (Fsp3) is 0.758. The molecule has 0 saturated heterocycles. The van der Waals surface area contributed by atoms with Gasteiger partial charge in [0.15, 0.2) is 6.10 Å². The van der Waals surface area contributed by atoms with Crippen molar-refractivity contribution < 1.29 is 37.6 Å². The van der Waals surface area contributed by atoms with Gasteiger partial charge in [0.05, 0.1) is 13.2 Å². The predicted octanol–water partition coefficient (Wildman–Crippen LogP) is 20.2. The quantitative estimate of drug-likeness (QED) is 0.0264. The van der Waals surface area contributed by atoms with E-state index in [1.807, 2.05) is 0 Å². The number of carbonyl (C=O) groups is 2. The molecule has 2 unspecified atom stereocenters. The van der Waals surface area contributed by atoms with E-state index >= 15 is 0 Å². The second kappa shape index (κ2) is 61.4. The second-order valence-corrected chi connectivity index (χ2v) is 22.4. The molecule has 76 heavy (non-hydrogen) atoms. The number of nitrogens with two attached hydrogens (primary N) is 1. The molecule has 0 rings (SSSR count). The minimum absolute atomic E-state index is 0.0489. The zero-order valence-electron chi connectivity index (χ0n) is 49.2. The van der Waals surface area contributed by atoms with Crippen LogP contribution in [-0.2, 0) is 32.7 Å². The summed E-state index contributed by atoms with van der Waals surface area (Å²) >= 11 is 0. The Balaban J connectivity index is 3.97. The van der Waals surface area contributed by atoms with Crippen LogP contribution in [0, 0.1) is 0 Å². The minimum Gasteiger partial charge on any atom is -0.462 e. The first-order valence-electron chi connectivity index (χ1n) is 31.6. The van der Waals surface area contributed by atoms with E-state index in [1.54, 1.807) is 0 Å². The van der Waals surface area contributed by atoms with Crippen molar-refractivity contribution >= 4 is 19.8 Å². The highest BCUT2D eigenvalue weighted by atomic mass is 31.2. The molecule has 0 fully saturated rings. The Bertz CT molecular complexity index is 1520. The Morgan fingerprint density at radius 1 is 0.408 bits per heavy atom. The molecule has 10 heteroatoms. The number of carbonyl (C=O) groups excluding carboxylic acids is 2. The molecular formula is C66H118NO8P. The summed E-state index contributed by atoms with van der Waals surface area (Å²) < 4.78 is 33.1. The third-order valence-electron chi connectivity index (χ3n) is 13.5. The fourth-order valence-electron chi connectivity index (χ4n) is 8.91. The summed E-state index contributed by atoms with van der Waals surface area (Å²) in [5.74, 6) is -0.833. The van der Waals surface area contributed by atoms with Crippen LogP contribution < -0.4 is 5.73 Å². The zero-order valence-corrected chi connectivity index (χ0v) is 50.1. The van der Waals surface area contributed by atoms with Gasteiger partial charge in [-0.15, -0.1) is 0 Å². The second-order valence-electron chi connectivity index (χ2n) is 20.9. The lowest BCUT2D eigenvalue weighted by atomic mass is 10.0. The molecule has 0 spiro atoms. The van der Waals surface area contributed by atoms with Crippen molar-refractivity contribution in [2.24, 2.45) is 5.73 Å². The van der Waals surface area contributed by atoms with Crippen LogP contribution >= 0.6 is 7.82 Å². The van der Waals surface area contributed by atoms with Gasteiger partial charge in [0, 0.05) is 19.4 Å². The maximum atomic E-state index is 12.7. The van der Waals surface area contributed by atoms with Crippen LogP contribution in [0.1, 0.15) is 290 Å². The van der Waals surface area contributed by atoms with E-state index in [0.717, 1.165) is 89.9 Å². The van der Waals surface area contributed by atoms with E-state index in [4.69, 9.17) is 24.3 Å². The average Bonchev–Trinajstić information content (AvgIpc) is 3.41. The van der Waals surface area contributed by atoms with Gasteiger partial charge in [-0.3, -0.25) is 18.6 Å². The summed E-state index contributed by atoms with van der Waals surface area (Å²) in [5, 5.41) is 0. The molecule has 0 aliphatic heterocycles. The molecule has 0 aliphatic carbocycles. The number of hydrogen-bond acceptors (Lipinski definition) is 8. The van der Waals surface area contributed by atoms with Crippen molar-refractivity contribution in [3.05, 3.63) is 85.1 Å². The third kappa shape index (κ3) is 60.4. The van der Waals surface area contributed by atoms with Crippen LogP contribution in [0.3, 0.4) is 0 Å². The van der Waals surface area contributed by atoms with Crippen molar-refractivity contribution in [3.8, 4) is 0 Å². The van der Waals surface area contributed by atoms with Crippen LogP contribution in [0.2, 0.25) is 0 Å². The van der Waals surface area contributed by atoms with Crippen molar-refractivity contribution in [1.29, 1.82) is 0 Å². The highest BCUT2D eigenvalue weighted by Crippen LogP contribution is 2.43. The van der Waals surface area contributed by atoms with Gasteiger partial charge >= 0.3 is 19.8 Å². The average molecular weight is 1080 g/mol. The molecule has 0 aliphatic rings. The number of rotatable bonds is 59. The largest absolute Gasteiger partial charge is 0.472 e. The maximum Gasteiger partial charge on any atom is 0.472 e. The molecule has 0 aromatic carbocycles. The Morgan fingerprint density at radius 2 is 0.724 bits per heavy atom. The molecule has 0 aromatic rings. The molecule has 0 radical (unpaired) electrons. The molecule has 0 amide bonds. The van der Waals surface area contributed by atoms with Gasteiger partial charge in [-0.25, -0.2) is 4.57 Å². The molecule has 0 bridgehead atoms. The van der Waals surface area contributed by atoms with E-state index in [9.17, 15) is 19.0 Å². The van der Waals surface area contributed by atoms with Crippen LogP contribution in [0.15, 0.2) is 85.1 Å². The van der Waals surface area contributed by atoms with Crippen molar-refractivity contribution in [1.82, 2.24) is 0 Å². The molecule has 9 nitrogen and oxygen atoms in total. The van der Waals surface area contributed by atoms with E-state index < -0.39 is 26.5 Å². The van der Waals surface area contributed by atoms with Gasteiger partial charge in [-0.05, 0) is 70.6 Å². The summed E-state index contributed by atoms with van der Waals surface area (Å²) in [6, 6.07) is 0. The Morgan fingerprint density at radius 3 is 1.08 bits per heavy atom. The summed E-state index contributed by atoms with van der Waals surface area (Å²) in [7, 11) is -4.40. The summed E-state index contributed by atoms with van der Waals surface area (Å²) in [6.07, 6.45) is 80.8. The first-order chi connectivity index (χ1) is 37.3. The van der Waals surface area contributed by atoms with Crippen LogP contribution in [-0.4, -0.2) is 49.3 Å². The van der Waals surface area contributed by atoms with Gasteiger partial charge in [0.2, 0.25) is 0 Å². The number of hydrogen-bond donors (Lipinski definition) is 2. The Labute approximate surface area is 468 Å². The maximum absolute atomic E-state index is 12.7. The Kier molecular flexibility index (Phi) is 59.1. The Hall–Kier alpha value is -2.81. The topological polar surface area (TPSA) is 134 Å². The van der Waals surface area contributed by atoms with Crippen LogP contribution in [0.4, 0.5) is 0 Å². The van der Waals surface area contributed by atoms with Crippen molar-refractivity contribution in [3.63, 3.8) is 0 Å². The third-order valence-corrected chi connectivity index (χ3v) is 14.5. The zero-order chi connectivity index (χ0) is 55.2. The standard InChI is InChI=1S/C66H118NO8P/c1-3-5-7-9-11-13-15-17-19-21-23-25-27-29-31-32-33-35-37-39-41-43-45-47-49-51-53-55-57-59-66(69)75-64(63-74-76(70,71)73-61-60-67)62-72-65(68)58-56-54-52-50-48-46-44-42-40-38-36-34-30-28-26-24-22-20-18-16-14-12-10-8-6-4-2/h5,7,11,13,17,19,23,25,29,31,33,35,39,41,64H,3-4,6,8-10,12,14-16,18,20-22,24,26-28,30,32,34,36-38,40,42-63,67H2,1-2H3,(H,70,71)/b7-5-,13-11-,19-17-,25-23-,31-29-,35-33-,41-39-. The van der Waals surface area contributed by atoms with Crippen LogP contribution in [0.5, 0.6) is 0 Å². The number of ether oxygens (including phenoxy) is 2. The molecule has 3 N–H and O–H groups in total. The highest BCUT2D eigenvalue weighted by Gasteiger charge is 2.26. The summed E-state index contributed by atoms with van der Waals surface area (Å²) in [6.45, 7) is 3.65. The molecule has 0 heterocycles. The first kappa shape index (κ1) is 73.2. The van der Waals surface area contributed by atoms with Gasteiger partial charge in [0.1, 0.15) is 6.61 Å². The number of esters is 2. The monoisotopic (exact) mass is 1080 g/mol. The molecule has 440 valence electrons. The van der Waals surface area contributed by atoms with E-state index in [0.29, 0.717) is 6.42 Å². The minimum atomic E-state index is -4.40. The normalized spacial score (nSPS) is 13.6. The van der Waals surface area contributed by atoms with Gasteiger partial charge < -0.3 is 20.1 Å². The fourth-order valence-corrected chi connectivity index (χ4v) is 9.68. The lowest BCUT2D eigenvalue weighted by Gasteiger charge is -2.19. The van der Waals surface area contributed by atoms with E-state index in [-0.39, 0.29) is 38.6 Å². The van der Waals surface area contributed by atoms with Crippen molar-refractivity contribution in [2.75, 3.05) is 26.4 Å². The lowest BCUT2D eigenvalue weighted by molar-refractivity contribution is -0.161. The molecule has 0 saturated carbocycles. The molecule has 0 aromatic heterocycles. The van der Waals surface area contributed by atoms with Crippen LogP contribution in [0.25, 0.3) is 0 Å². The lowest BCUT2D eigenvalue weighted by Crippen LogP contribution is -2.29.